The number of anilines is 1. The van der Waals surface area contributed by atoms with Crippen molar-refractivity contribution in [3.8, 4) is 5.75 Å². The summed E-state index contributed by atoms with van der Waals surface area (Å²) in [6, 6.07) is 4.89. The zero-order valence-corrected chi connectivity index (χ0v) is 14.5. The number of nitrogens with zero attached hydrogens (tertiary/aromatic N) is 1. The highest BCUT2D eigenvalue weighted by molar-refractivity contribution is 9.10. The van der Waals surface area contributed by atoms with Gasteiger partial charge in [0.05, 0.1) is 23.0 Å². The topological polar surface area (TPSA) is 68.3 Å². The van der Waals surface area contributed by atoms with Crippen molar-refractivity contribution >= 4 is 54.6 Å². The highest BCUT2D eigenvalue weighted by Crippen LogP contribution is 2.31. The molecule has 0 saturated heterocycles. The first-order valence-corrected chi connectivity index (χ1v) is 8.80. The van der Waals surface area contributed by atoms with Crippen molar-refractivity contribution in [2.24, 2.45) is 0 Å². The van der Waals surface area contributed by atoms with Gasteiger partial charge in [-0.25, -0.2) is 13.4 Å². The SMILES string of the molecule is COc1ccc(NS(=O)(=O)c2sc(Cl)nc2C)cc1Br. The van der Waals surface area contributed by atoms with Gasteiger partial charge in [-0.15, -0.1) is 0 Å². The largest absolute Gasteiger partial charge is 0.496 e. The van der Waals surface area contributed by atoms with Crippen molar-refractivity contribution in [1.82, 2.24) is 4.98 Å². The van der Waals surface area contributed by atoms with Crippen molar-refractivity contribution in [3.05, 3.63) is 32.8 Å². The third-order valence-corrected chi connectivity index (χ3v) is 6.25. The lowest BCUT2D eigenvalue weighted by Crippen LogP contribution is -2.12. The molecule has 1 aromatic heterocycles. The van der Waals surface area contributed by atoms with E-state index in [0.717, 1.165) is 11.3 Å². The zero-order valence-electron chi connectivity index (χ0n) is 10.5. The number of hydrogen-bond acceptors (Lipinski definition) is 5. The molecule has 1 heterocycles. The normalized spacial score (nSPS) is 11.4. The Kier molecular flexibility index (Phi) is 4.58. The Morgan fingerprint density at radius 3 is 2.65 bits per heavy atom. The Labute approximate surface area is 134 Å². The van der Waals surface area contributed by atoms with Crippen molar-refractivity contribution in [2.45, 2.75) is 11.1 Å². The van der Waals surface area contributed by atoms with Crippen LogP contribution in [0.1, 0.15) is 5.69 Å². The third kappa shape index (κ3) is 3.25. The van der Waals surface area contributed by atoms with E-state index in [1.54, 1.807) is 25.1 Å². The number of rotatable bonds is 4. The average Bonchev–Trinajstić information content (AvgIpc) is 2.69. The van der Waals surface area contributed by atoms with Gasteiger partial charge in [0.25, 0.3) is 10.0 Å². The Balaban J connectivity index is 2.33. The fraction of sp³-hybridized carbons (Fsp3) is 0.182. The number of hydrogen-bond donors (Lipinski definition) is 1. The van der Waals surface area contributed by atoms with Gasteiger partial charge in [-0.1, -0.05) is 22.9 Å². The van der Waals surface area contributed by atoms with Crippen molar-refractivity contribution in [1.29, 1.82) is 0 Å². The van der Waals surface area contributed by atoms with Crippen molar-refractivity contribution in [3.63, 3.8) is 0 Å². The van der Waals surface area contributed by atoms with Crippen LogP contribution in [-0.4, -0.2) is 20.5 Å². The molecule has 0 fully saturated rings. The second-order valence-corrected chi connectivity index (χ2v) is 8.11. The van der Waals surface area contributed by atoms with E-state index in [2.05, 4.69) is 25.6 Å². The maximum Gasteiger partial charge on any atom is 0.273 e. The fourth-order valence-corrected chi connectivity index (χ4v) is 4.86. The molecule has 0 amide bonds. The summed E-state index contributed by atoms with van der Waals surface area (Å²) in [7, 11) is -2.17. The number of sulfonamides is 1. The molecule has 0 aliphatic rings. The van der Waals surface area contributed by atoms with E-state index in [-0.39, 0.29) is 8.68 Å². The lowest BCUT2D eigenvalue weighted by atomic mass is 10.3. The smallest absolute Gasteiger partial charge is 0.273 e. The summed E-state index contributed by atoms with van der Waals surface area (Å²) in [5.74, 6) is 0.616. The molecule has 1 N–H and O–H groups in total. The first-order valence-electron chi connectivity index (χ1n) is 5.33. The van der Waals surface area contributed by atoms with E-state index < -0.39 is 10.0 Å². The van der Waals surface area contributed by atoms with E-state index in [4.69, 9.17) is 16.3 Å². The second kappa shape index (κ2) is 5.88. The van der Waals surface area contributed by atoms with Gasteiger partial charge in [-0.05, 0) is 41.1 Å². The molecule has 0 unspecified atom stereocenters. The summed E-state index contributed by atoms with van der Waals surface area (Å²) in [6.45, 7) is 1.60. The molecule has 0 spiro atoms. The van der Waals surface area contributed by atoms with Crippen LogP contribution in [-0.2, 0) is 10.0 Å². The van der Waals surface area contributed by atoms with Crippen LogP contribution in [0, 0.1) is 6.92 Å². The van der Waals surface area contributed by atoms with Gasteiger partial charge in [0.2, 0.25) is 0 Å². The molecule has 0 saturated carbocycles. The lowest BCUT2D eigenvalue weighted by Gasteiger charge is -2.09. The van der Waals surface area contributed by atoms with Crippen molar-refractivity contribution < 1.29 is 13.2 Å². The second-order valence-electron chi connectivity index (χ2n) is 3.79. The minimum atomic E-state index is -3.70. The molecule has 1 aromatic carbocycles. The minimum absolute atomic E-state index is 0.106. The Hall–Kier alpha value is -0.830. The van der Waals surface area contributed by atoms with E-state index in [9.17, 15) is 8.42 Å². The van der Waals surface area contributed by atoms with E-state index in [1.807, 2.05) is 0 Å². The van der Waals surface area contributed by atoms with Crippen LogP contribution in [0.25, 0.3) is 0 Å². The van der Waals surface area contributed by atoms with Gasteiger partial charge in [0, 0.05) is 0 Å². The van der Waals surface area contributed by atoms with Crippen LogP contribution in [0.5, 0.6) is 5.75 Å². The molecule has 2 rings (SSSR count). The van der Waals surface area contributed by atoms with E-state index in [0.29, 0.717) is 21.6 Å². The number of ether oxygens (including phenoxy) is 1. The number of methoxy groups -OCH3 is 1. The molecule has 0 aliphatic carbocycles. The predicted molar refractivity (Wildman–Crippen MR) is 83.4 cm³/mol. The predicted octanol–water partition coefficient (Wildman–Crippen LogP) is 3.68. The number of halogens is 2. The number of thiazole rings is 1. The van der Waals surface area contributed by atoms with Gasteiger partial charge in [-0.3, -0.25) is 4.72 Å². The molecule has 20 heavy (non-hydrogen) atoms. The first kappa shape index (κ1) is 15.6. The van der Waals surface area contributed by atoms with Crippen LogP contribution >= 0.6 is 38.9 Å². The Bertz CT molecular complexity index is 746. The van der Waals surface area contributed by atoms with Gasteiger partial charge in [0.15, 0.2) is 8.68 Å². The highest BCUT2D eigenvalue weighted by atomic mass is 79.9. The molecular formula is C11H10BrClN2O3S2. The summed E-state index contributed by atoms with van der Waals surface area (Å²) in [4.78, 5) is 3.90. The first-order chi connectivity index (χ1) is 9.33. The third-order valence-electron chi connectivity index (χ3n) is 2.38. The maximum atomic E-state index is 12.3. The lowest BCUT2D eigenvalue weighted by molar-refractivity contribution is 0.412. The minimum Gasteiger partial charge on any atom is -0.496 e. The molecule has 0 bridgehead atoms. The molecule has 9 heteroatoms. The maximum absolute atomic E-state index is 12.3. The molecule has 2 aromatic rings. The standard InChI is InChI=1S/C11H10BrClN2O3S2/c1-6-10(19-11(13)14-6)20(16,17)15-7-3-4-9(18-2)8(12)5-7/h3-5,15H,1-2H3. The van der Waals surface area contributed by atoms with Crippen LogP contribution in [0.2, 0.25) is 4.47 Å². The van der Waals surface area contributed by atoms with Crippen molar-refractivity contribution in [2.75, 3.05) is 11.8 Å². The van der Waals surface area contributed by atoms with E-state index in [1.165, 1.54) is 7.11 Å². The molecular weight excluding hydrogens is 388 g/mol. The van der Waals surface area contributed by atoms with Gasteiger partial charge in [-0.2, -0.15) is 0 Å². The number of benzene rings is 1. The molecule has 108 valence electrons. The van der Waals surface area contributed by atoms with Gasteiger partial charge < -0.3 is 4.74 Å². The zero-order chi connectivity index (χ0) is 14.9. The monoisotopic (exact) mass is 396 g/mol. The van der Waals surface area contributed by atoms with Crippen LogP contribution in [0.15, 0.2) is 26.9 Å². The molecule has 5 nitrogen and oxygen atoms in total. The number of aryl methyl sites for hydroxylation is 1. The van der Waals surface area contributed by atoms with Gasteiger partial charge >= 0.3 is 0 Å². The summed E-state index contributed by atoms with van der Waals surface area (Å²) in [5.41, 5.74) is 0.793. The van der Waals surface area contributed by atoms with E-state index >= 15 is 0 Å². The fourth-order valence-electron chi connectivity index (χ4n) is 1.53. The van der Waals surface area contributed by atoms with Crippen LogP contribution < -0.4 is 9.46 Å². The number of aromatic nitrogens is 1. The quantitative estimate of drug-likeness (QED) is 0.854. The van der Waals surface area contributed by atoms with Gasteiger partial charge in [0.1, 0.15) is 5.75 Å². The molecule has 0 radical (unpaired) electrons. The average molecular weight is 398 g/mol. The number of nitrogens with one attached hydrogen (secondary N) is 1. The molecule has 0 atom stereocenters. The highest BCUT2D eigenvalue weighted by Gasteiger charge is 2.21. The summed E-state index contributed by atoms with van der Waals surface area (Å²) < 4.78 is 33.0. The van der Waals surface area contributed by atoms with Crippen LogP contribution in [0.4, 0.5) is 5.69 Å². The summed E-state index contributed by atoms with van der Waals surface area (Å²) >= 11 is 9.95. The Morgan fingerprint density at radius 1 is 1.45 bits per heavy atom. The summed E-state index contributed by atoms with van der Waals surface area (Å²) in [6.07, 6.45) is 0. The van der Waals surface area contributed by atoms with Crippen LogP contribution in [0.3, 0.4) is 0 Å². The molecule has 0 aliphatic heterocycles. The summed E-state index contributed by atoms with van der Waals surface area (Å²) in [5, 5.41) is 0. The Morgan fingerprint density at radius 2 is 2.15 bits per heavy atom.